The zero-order chi connectivity index (χ0) is 41.0. The fourth-order valence-corrected chi connectivity index (χ4v) is 8.83. The minimum Gasteiger partial charge on any atom is -0.456 e. The summed E-state index contributed by atoms with van der Waals surface area (Å²) in [6.45, 7) is 0. The number of benzene rings is 9. The molecule has 0 bridgehead atoms. The first-order valence-electron chi connectivity index (χ1n) is 20.8. The molecule has 62 heavy (non-hydrogen) atoms. The Labute approximate surface area is 357 Å². The second-order valence-corrected chi connectivity index (χ2v) is 15.6. The molecule has 0 spiro atoms. The fourth-order valence-electron chi connectivity index (χ4n) is 8.83. The average molecular weight is 793 g/mol. The maximum atomic E-state index is 6.73. The summed E-state index contributed by atoms with van der Waals surface area (Å²) in [4.78, 5) is 15.1. The van der Waals surface area contributed by atoms with Gasteiger partial charge in [0.1, 0.15) is 11.2 Å². The third kappa shape index (κ3) is 6.14. The monoisotopic (exact) mass is 792 g/mol. The Balaban J connectivity index is 0.976. The molecule has 0 amide bonds. The second-order valence-electron chi connectivity index (χ2n) is 15.6. The third-order valence-electron chi connectivity index (χ3n) is 11.9. The topological polar surface area (TPSA) is 56.7 Å². The Morgan fingerprint density at radius 3 is 1.45 bits per heavy atom. The van der Waals surface area contributed by atoms with Gasteiger partial charge < -0.3 is 8.98 Å². The van der Waals surface area contributed by atoms with Gasteiger partial charge in [0.15, 0.2) is 17.5 Å². The zero-order valence-electron chi connectivity index (χ0n) is 33.5. The fraction of sp³-hybridized carbons (Fsp3) is 0. The van der Waals surface area contributed by atoms with Gasteiger partial charge in [0, 0.05) is 38.5 Å². The molecule has 0 aliphatic heterocycles. The number of aromatic nitrogens is 4. The Hall–Kier alpha value is -8.41. The molecule has 0 aliphatic carbocycles. The highest BCUT2D eigenvalue weighted by atomic mass is 16.3. The predicted octanol–water partition coefficient (Wildman–Crippen LogP) is 14.9. The molecule has 12 rings (SSSR count). The first-order valence-corrected chi connectivity index (χ1v) is 20.8. The first kappa shape index (κ1) is 35.5. The predicted molar refractivity (Wildman–Crippen MR) is 254 cm³/mol. The standard InChI is InChI=1S/C57H36N4O/c1-4-13-37(14-5-1)39-23-25-42(26-24-39)56-58-55(41-17-8-3-9-18-41)59-57(60-56)45-29-32-49-52(36-45)62-51-34-33-48-47-21-10-11-22-50(47)61(54(48)53(49)51)46-30-27-40(28-31-46)44-20-12-19-43(35-44)38-15-6-2-7-16-38/h1-36H. The van der Waals surface area contributed by atoms with Crippen molar-refractivity contribution in [3.05, 3.63) is 218 Å². The molecule has 0 unspecified atom stereocenters. The lowest BCUT2D eigenvalue weighted by Gasteiger charge is -2.11. The molecular formula is C57H36N4O. The summed E-state index contributed by atoms with van der Waals surface area (Å²) in [5.41, 5.74) is 14.7. The van der Waals surface area contributed by atoms with Crippen molar-refractivity contribution in [2.75, 3.05) is 0 Å². The highest BCUT2D eigenvalue weighted by molar-refractivity contribution is 6.24. The highest BCUT2D eigenvalue weighted by Gasteiger charge is 2.21. The van der Waals surface area contributed by atoms with E-state index < -0.39 is 0 Å². The molecule has 0 saturated heterocycles. The van der Waals surface area contributed by atoms with Crippen LogP contribution in [0.4, 0.5) is 0 Å². The molecule has 5 nitrogen and oxygen atoms in total. The lowest BCUT2D eigenvalue weighted by Crippen LogP contribution is -2.00. The maximum absolute atomic E-state index is 6.73. The van der Waals surface area contributed by atoms with E-state index in [0.717, 1.165) is 66.5 Å². The molecule has 3 heterocycles. The normalized spacial score (nSPS) is 11.5. The van der Waals surface area contributed by atoms with Gasteiger partial charge in [-0.2, -0.15) is 0 Å². The average Bonchev–Trinajstić information content (AvgIpc) is 3.90. The summed E-state index contributed by atoms with van der Waals surface area (Å²) >= 11 is 0. The van der Waals surface area contributed by atoms with Gasteiger partial charge >= 0.3 is 0 Å². The number of rotatable bonds is 7. The van der Waals surface area contributed by atoms with E-state index in [4.69, 9.17) is 19.4 Å². The molecular weight excluding hydrogens is 757 g/mol. The second kappa shape index (κ2) is 14.7. The van der Waals surface area contributed by atoms with Gasteiger partial charge in [-0.05, 0) is 81.9 Å². The Kier molecular flexibility index (Phi) is 8.42. The molecule has 0 fully saturated rings. The minimum atomic E-state index is 0.581. The third-order valence-corrected chi connectivity index (χ3v) is 11.9. The van der Waals surface area contributed by atoms with Crippen molar-refractivity contribution < 1.29 is 4.42 Å². The van der Waals surface area contributed by atoms with Gasteiger partial charge in [0.05, 0.1) is 16.4 Å². The number of nitrogens with zero attached hydrogens (tertiary/aromatic N) is 4. The van der Waals surface area contributed by atoms with Crippen LogP contribution in [-0.4, -0.2) is 19.5 Å². The van der Waals surface area contributed by atoms with Crippen molar-refractivity contribution in [3.8, 4) is 73.2 Å². The van der Waals surface area contributed by atoms with Gasteiger partial charge in [-0.25, -0.2) is 15.0 Å². The van der Waals surface area contributed by atoms with Crippen molar-refractivity contribution in [2.24, 2.45) is 0 Å². The lowest BCUT2D eigenvalue weighted by atomic mass is 9.99. The minimum absolute atomic E-state index is 0.581. The molecule has 0 atom stereocenters. The van der Waals surface area contributed by atoms with Crippen molar-refractivity contribution >= 4 is 43.7 Å². The SMILES string of the molecule is c1ccc(-c2ccc(-c3nc(-c4ccccc4)nc(-c4ccc5c(c4)oc4ccc6c7ccccc7n(-c7ccc(-c8cccc(-c9ccccc9)c8)cc7)c6c45)n3)cc2)cc1. The van der Waals surface area contributed by atoms with E-state index in [9.17, 15) is 0 Å². The van der Waals surface area contributed by atoms with Crippen LogP contribution in [0.3, 0.4) is 0 Å². The van der Waals surface area contributed by atoms with Crippen molar-refractivity contribution in [1.29, 1.82) is 0 Å². The largest absolute Gasteiger partial charge is 0.456 e. The Bertz CT molecular complexity index is 3590. The van der Waals surface area contributed by atoms with Gasteiger partial charge in [0.2, 0.25) is 0 Å². The smallest absolute Gasteiger partial charge is 0.164 e. The number of fused-ring (bicyclic) bond motifs is 7. The number of para-hydroxylation sites is 1. The summed E-state index contributed by atoms with van der Waals surface area (Å²) in [5, 5.41) is 4.46. The summed E-state index contributed by atoms with van der Waals surface area (Å²) in [6.07, 6.45) is 0. The van der Waals surface area contributed by atoms with Crippen LogP contribution in [0.25, 0.3) is 117 Å². The van der Waals surface area contributed by atoms with Gasteiger partial charge in [0.25, 0.3) is 0 Å². The van der Waals surface area contributed by atoms with Gasteiger partial charge in [-0.15, -0.1) is 0 Å². The molecule has 3 aromatic heterocycles. The number of furan rings is 1. The van der Waals surface area contributed by atoms with E-state index >= 15 is 0 Å². The van der Waals surface area contributed by atoms with Gasteiger partial charge in [-0.1, -0.05) is 170 Å². The summed E-state index contributed by atoms with van der Waals surface area (Å²) < 4.78 is 9.12. The van der Waals surface area contributed by atoms with E-state index in [0.29, 0.717) is 17.5 Å². The van der Waals surface area contributed by atoms with Crippen molar-refractivity contribution in [1.82, 2.24) is 19.5 Å². The quantitative estimate of drug-likeness (QED) is 0.161. The molecule has 5 heteroatoms. The number of hydrogen-bond acceptors (Lipinski definition) is 4. The molecule has 12 aromatic rings. The van der Waals surface area contributed by atoms with E-state index in [1.807, 2.05) is 36.4 Å². The summed E-state index contributed by atoms with van der Waals surface area (Å²) in [7, 11) is 0. The van der Waals surface area contributed by atoms with E-state index in [1.54, 1.807) is 0 Å². The van der Waals surface area contributed by atoms with E-state index in [2.05, 4.69) is 187 Å². The van der Waals surface area contributed by atoms with Crippen LogP contribution >= 0.6 is 0 Å². The molecule has 0 aliphatic rings. The Morgan fingerprint density at radius 1 is 0.306 bits per heavy atom. The van der Waals surface area contributed by atoms with Crippen LogP contribution < -0.4 is 0 Å². The molecule has 9 aromatic carbocycles. The van der Waals surface area contributed by atoms with Crippen LogP contribution in [0, 0.1) is 0 Å². The van der Waals surface area contributed by atoms with E-state index in [-0.39, 0.29) is 0 Å². The van der Waals surface area contributed by atoms with Crippen LogP contribution in [0.2, 0.25) is 0 Å². The van der Waals surface area contributed by atoms with Crippen LogP contribution in [0.5, 0.6) is 0 Å². The first-order chi connectivity index (χ1) is 30.7. The molecule has 0 radical (unpaired) electrons. The van der Waals surface area contributed by atoms with E-state index in [1.165, 1.54) is 33.0 Å². The summed E-state index contributed by atoms with van der Waals surface area (Å²) in [6, 6.07) is 76.3. The van der Waals surface area contributed by atoms with Crippen LogP contribution in [-0.2, 0) is 0 Å². The molecule has 0 saturated carbocycles. The zero-order valence-corrected chi connectivity index (χ0v) is 33.5. The Morgan fingerprint density at radius 2 is 0.774 bits per heavy atom. The van der Waals surface area contributed by atoms with Crippen LogP contribution in [0.15, 0.2) is 223 Å². The summed E-state index contributed by atoms with van der Waals surface area (Å²) in [5.74, 6) is 1.81. The maximum Gasteiger partial charge on any atom is 0.164 e. The van der Waals surface area contributed by atoms with Crippen molar-refractivity contribution in [2.45, 2.75) is 0 Å². The lowest BCUT2D eigenvalue weighted by molar-refractivity contribution is 0.669. The number of hydrogen-bond donors (Lipinski definition) is 0. The van der Waals surface area contributed by atoms with Gasteiger partial charge in [-0.3, -0.25) is 0 Å². The highest BCUT2D eigenvalue weighted by Crippen LogP contribution is 2.42. The van der Waals surface area contributed by atoms with Crippen LogP contribution in [0.1, 0.15) is 0 Å². The molecule has 290 valence electrons. The molecule has 0 N–H and O–H groups in total. The van der Waals surface area contributed by atoms with Crippen molar-refractivity contribution in [3.63, 3.8) is 0 Å².